The summed E-state index contributed by atoms with van der Waals surface area (Å²) in [6.07, 6.45) is 4.90. The van der Waals surface area contributed by atoms with Crippen molar-refractivity contribution in [1.82, 2.24) is 10.6 Å². The highest BCUT2D eigenvalue weighted by atomic mass is 16.7. The molecule has 0 unspecified atom stereocenters. The van der Waals surface area contributed by atoms with Gasteiger partial charge in [0.25, 0.3) is 0 Å². The first-order valence-electron chi connectivity index (χ1n) is 2.83. The average Bonchev–Trinajstić information content (AvgIpc) is 2.03. The Kier molecular flexibility index (Phi) is 2.57. The van der Waals surface area contributed by atoms with Crippen molar-refractivity contribution in [1.29, 1.82) is 0 Å². The summed E-state index contributed by atoms with van der Waals surface area (Å²) >= 11 is 0. The number of hydrogen-bond donors (Lipinski definition) is 1. The van der Waals surface area contributed by atoms with Gasteiger partial charge in [-0.1, -0.05) is 10.7 Å². The third kappa shape index (κ3) is 1.94. The minimum absolute atomic E-state index is 0.715. The average molecular weight is 143 g/mol. The molecule has 0 spiro atoms. The summed E-state index contributed by atoms with van der Waals surface area (Å²) in [6.45, 7) is 0.715. The van der Waals surface area contributed by atoms with Crippen LogP contribution in [0, 0.1) is 0 Å². The zero-order chi connectivity index (χ0) is 7.23. The van der Waals surface area contributed by atoms with E-state index in [1.54, 1.807) is 11.3 Å². The summed E-state index contributed by atoms with van der Waals surface area (Å²) in [6, 6.07) is 0. The normalized spacial score (nSPS) is 17.5. The molecule has 10 heavy (non-hydrogen) atoms. The molecule has 5 heteroatoms. The second kappa shape index (κ2) is 3.73. The van der Waals surface area contributed by atoms with Crippen molar-refractivity contribution >= 4 is 6.34 Å². The van der Waals surface area contributed by atoms with Gasteiger partial charge in [-0.05, 0) is 6.08 Å². The quantitative estimate of drug-likeness (QED) is 0.331. The van der Waals surface area contributed by atoms with E-state index < -0.39 is 0 Å². The van der Waals surface area contributed by atoms with Gasteiger partial charge in [0.15, 0.2) is 0 Å². The zero-order valence-electron chi connectivity index (χ0n) is 5.65. The molecule has 0 aromatic rings. The van der Waals surface area contributed by atoms with Crippen LogP contribution in [0.4, 0.5) is 0 Å². The number of nitrogens with one attached hydrogen (secondary N) is 1. The van der Waals surface area contributed by atoms with Gasteiger partial charge in [0.1, 0.15) is 19.7 Å². The van der Waals surface area contributed by atoms with E-state index in [4.69, 9.17) is 4.84 Å². The first kappa shape index (κ1) is 6.88. The molecule has 0 amide bonds. The van der Waals surface area contributed by atoms with Crippen LogP contribution in [-0.2, 0) is 9.68 Å². The van der Waals surface area contributed by atoms with Crippen LogP contribution in [0.2, 0.25) is 0 Å². The topological polar surface area (TPSA) is 46.1 Å². The third-order valence-corrected chi connectivity index (χ3v) is 0.928. The van der Waals surface area contributed by atoms with Gasteiger partial charge in [-0.2, -0.15) is 0 Å². The van der Waals surface area contributed by atoms with Gasteiger partial charge in [0.2, 0.25) is 0 Å². The molecule has 0 saturated heterocycles. The highest BCUT2D eigenvalue weighted by Gasteiger charge is 1.99. The van der Waals surface area contributed by atoms with Crippen molar-refractivity contribution in [3.8, 4) is 0 Å². The number of rotatable bonds is 2. The molecule has 1 N–H and O–H groups in total. The van der Waals surface area contributed by atoms with Crippen molar-refractivity contribution in [2.45, 2.75) is 0 Å². The Bertz CT molecular complexity index is 146. The lowest BCUT2D eigenvalue weighted by Gasteiger charge is -2.19. The molecule has 0 aliphatic carbocycles. The Balaban J connectivity index is 2.28. The van der Waals surface area contributed by atoms with Crippen LogP contribution in [0.25, 0.3) is 0 Å². The van der Waals surface area contributed by atoms with Gasteiger partial charge in [-0.3, -0.25) is 5.01 Å². The highest BCUT2D eigenvalue weighted by molar-refractivity contribution is 5.53. The van der Waals surface area contributed by atoms with E-state index >= 15 is 0 Å². The minimum Gasteiger partial charge on any atom is -0.398 e. The maximum absolute atomic E-state index is 4.73. The molecule has 0 atom stereocenters. The Labute approximate surface area is 58.8 Å². The molecular formula is C5H9N3O2. The summed E-state index contributed by atoms with van der Waals surface area (Å²) in [7, 11) is 1.48. The lowest BCUT2D eigenvalue weighted by atomic mass is 10.6. The maximum Gasteiger partial charge on any atom is 0.148 e. The Morgan fingerprint density at radius 2 is 2.80 bits per heavy atom. The van der Waals surface area contributed by atoms with Crippen molar-refractivity contribution < 1.29 is 9.68 Å². The van der Waals surface area contributed by atoms with Crippen LogP contribution in [0.3, 0.4) is 0 Å². The Hall–Kier alpha value is -1.23. The monoisotopic (exact) mass is 143 g/mol. The molecular weight excluding hydrogens is 134 g/mol. The summed E-state index contributed by atoms with van der Waals surface area (Å²) in [5, 5.41) is 5.15. The van der Waals surface area contributed by atoms with E-state index in [9.17, 15) is 0 Å². The van der Waals surface area contributed by atoms with Gasteiger partial charge in [0.05, 0.1) is 6.54 Å². The standard InChI is InChI=1S/C5H9N3O2/c1-9-6-5-8-3-2-4-10-7-8/h2,4-5,7H,3H2,1H3. The van der Waals surface area contributed by atoms with Gasteiger partial charge in [-0.25, -0.2) is 0 Å². The second-order valence-corrected chi connectivity index (χ2v) is 1.64. The van der Waals surface area contributed by atoms with E-state index in [-0.39, 0.29) is 0 Å². The van der Waals surface area contributed by atoms with Crippen LogP contribution in [0.5, 0.6) is 0 Å². The van der Waals surface area contributed by atoms with E-state index in [1.165, 1.54) is 13.4 Å². The first-order valence-corrected chi connectivity index (χ1v) is 2.83. The number of hydrogen-bond acceptors (Lipinski definition) is 4. The molecule has 56 valence electrons. The van der Waals surface area contributed by atoms with Crippen molar-refractivity contribution in [2.75, 3.05) is 13.7 Å². The summed E-state index contributed by atoms with van der Waals surface area (Å²) in [5.41, 5.74) is 2.57. The lowest BCUT2D eigenvalue weighted by molar-refractivity contribution is 0.00700. The molecule has 0 fully saturated rings. The SMILES string of the molecule is CON=CN1CC=CON1. The van der Waals surface area contributed by atoms with Crippen LogP contribution in [-0.4, -0.2) is 25.0 Å². The van der Waals surface area contributed by atoms with Crippen molar-refractivity contribution in [2.24, 2.45) is 5.16 Å². The van der Waals surface area contributed by atoms with Gasteiger partial charge in [-0.15, -0.1) is 0 Å². The molecule has 5 nitrogen and oxygen atoms in total. The van der Waals surface area contributed by atoms with Crippen molar-refractivity contribution in [3.05, 3.63) is 12.3 Å². The number of nitrogens with zero attached hydrogens (tertiary/aromatic N) is 2. The van der Waals surface area contributed by atoms with Crippen LogP contribution < -0.4 is 5.59 Å². The minimum atomic E-state index is 0.715. The Morgan fingerprint density at radius 1 is 1.90 bits per heavy atom. The second-order valence-electron chi connectivity index (χ2n) is 1.64. The highest BCUT2D eigenvalue weighted by Crippen LogP contribution is 1.87. The van der Waals surface area contributed by atoms with E-state index in [0.29, 0.717) is 6.54 Å². The molecule has 0 radical (unpaired) electrons. The van der Waals surface area contributed by atoms with Crippen LogP contribution >= 0.6 is 0 Å². The predicted molar refractivity (Wildman–Crippen MR) is 35.6 cm³/mol. The molecule has 1 aliphatic heterocycles. The van der Waals surface area contributed by atoms with E-state index in [1.807, 2.05) is 6.08 Å². The zero-order valence-corrected chi connectivity index (χ0v) is 5.65. The van der Waals surface area contributed by atoms with Crippen molar-refractivity contribution in [3.63, 3.8) is 0 Å². The third-order valence-electron chi connectivity index (χ3n) is 0.928. The van der Waals surface area contributed by atoms with Crippen LogP contribution in [0.15, 0.2) is 17.5 Å². The predicted octanol–water partition coefficient (Wildman–Crippen LogP) is -0.158. The molecule has 1 aliphatic rings. The van der Waals surface area contributed by atoms with Gasteiger partial charge in [0, 0.05) is 0 Å². The van der Waals surface area contributed by atoms with Gasteiger partial charge >= 0.3 is 0 Å². The summed E-state index contributed by atoms with van der Waals surface area (Å²) in [5.74, 6) is 0. The summed E-state index contributed by atoms with van der Waals surface area (Å²) < 4.78 is 0. The molecule has 1 heterocycles. The number of hydrazine groups is 1. The summed E-state index contributed by atoms with van der Waals surface area (Å²) in [4.78, 5) is 9.18. The molecule has 0 aromatic heterocycles. The largest absolute Gasteiger partial charge is 0.398 e. The van der Waals surface area contributed by atoms with Crippen LogP contribution in [0.1, 0.15) is 0 Å². The fourth-order valence-corrected chi connectivity index (χ4v) is 0.515. The smallest absolute Gasteiger partial charge is 0.148 e. The first-order chi connectivity index (χ1) is 4.93. The van der Waals surface area contributed by atoms with E-state index in [0.717, 1.165) is 0 Å². The lowest BCUT2D eigenvalue weighted by Crippen LogP contribution is -2.38. The fourth-order valence-electron chi connectivity index (χ4n) is 0.515. The molecule has 0 saturated carbocycles. The molecule has 0 aromatic carbocycles. The fraction of sp³-hybridized carbons (Fsp3) is 0.400. The van der Waals surface area contributed by atoms with E-state index in [2.05, 4.69) is 15.6 Å². The maximum atomic E-state index is 4.73. The number of oxime groups is 1. The molecule has 0 bridgehead atoms. The molecule has 1 rings (SSSR count). The Morgan fingerprint density at radius 3 is 3.40 bits per heavy atom. The van der Waals surface area contributed by atoms with Gasteiger partial charge < -0.3 is 9.68 Å².